The van der Waals surface area contributed by atoms with E-state index in [4.69, 9.17) is 23.2 Å². The van der Waals surface area contributed by atoms with E-state index in [0.29, 0.717) is 21.4 Å². The van der Waals surface area contributed by atoms with E-state index in [2.05, 4.69) is 0 Å². The number of rotatable bonds is 7. The van der Waals surface area contributed by atoms with Gasteiger partial charge in [0.25, 0.3) is 0 Å². The zero-order valence-corrected chi connectivity index (χ0v) is 14.3. The summed E-state index contributed by atoms with van der Waals surface area (Å²) in [5, 5.41) is 11.5. The van der Waals surface area contributed by atoms with Gasteiger partial charge in [0.15, 0.2) is 5.78 Å². The molecule has 2 rings (SSSR count). The Morgan fingerprint density at radius 3 is 2.00 bits per heavy atom. The topological polar surface area (TPSA) is 57.2 Å². The van der Waals surface area contributed by atoms with Crippen molar-refractivity contribution in [1.82, 2.24) is 0 Å². The minimum Gasteiger partial charge on any atom is -0.549 e. The summed E-state index contributed by atoms with van der Waals surface area (Å²) in [6, 6.07) is 13.5. The van der Waals surface area contributed by atoms with Gasteiger partial charge < -0.3 is 9.90 Å². The summed E-state index contributed by atoms with van der Waals surface area (Å²) >= 11 is 12.7. The molecule has 0 amide bonds. The van der Waals surface area contributed by atoms with Crippen molar-refractivity contribution in [2.75, 3.05) is 0 Å². The summed E-state index contributed by atoms with van der Waals surface area (Å²) in [6.45, 7) is 0. The highest BCUT2D eigenvalue weighted by Crippen LogP contribution is 2.23. The predicted molar refractivity (Wildman–Crippen MR) is 91.9 cm³/mol. The second-order valence-corrected chi connectivity index (χ2v) is 6.94. The lowest BCUT2D eigenvalue weighted by Crippen LogP contribution is -2.35. The standard InChI is InChI=1S/C17H14Cl2O3S/c18-13-5-1-11(2-6-13)10-23-16(17(21)22)9-15(20)12-3-7-14(19)8-4-12/h1-8,16H,9-10H2,(H,21,22)/p-1/t16-/m0/s1. The van der Waals surface area contributed by atoms with Crippen molar-refractivity contribution in [3.8, 4) is 0 Å². The van der Waals surface area contributed by atoms with Crippen LogP contribution >= 0.6 is 35.0 Å². The van der Waals surface area contributed by atoms with E-state index in [1.165, 1.54) is 0 Å². The third-order valence-corrected chi connectivity index (χ3v) is 4.93. The molecule has 0 saturated heterocycles. The van der Waals surface area contributed by atoms with Crippen molar-refractivity contribution in [3.63, 3.8) is 0 Å². The van der Waals surface area contributed by atoms with Crippen LogP contribution in [0.1, 0.15) is 22.3 Å². The molecule has 0 spiro atoms. The summed E-state index contributed by atoms with van der Waals surface area (Å²) in [6.07, 6.45) is -0.123. The second-order valence-electron chi connectivity index (χ2n) is 4.88. The van der Waals surface area contributed by atoms with Gasteiger partial charge in [0.05, 0.1) is 11.2 Å². The molecule has 0 heterocycles. The molecule has 0 unspecified atom stereocenters. The molecule has 0 fully saturated rings. The van der Waals surface area contributed by atoms with Crippen LogP contribution in [0.25, 0.3) is 0 Å². The van der Waals surface area contributed by atoms with Crippen LogP contribution in [-0.4, -0.2) is 17.0 Å². The average Bonchev–Trinajstić information content (AvgIpc) is 2.53. The van der Waals surface area contributed by atoms with Crippen molar-refractivity contribution < 1.29 is 14.7 Å². The molecule has 3 nitrogen and oxygen atoms in total. The first-order valence-electron chi connectivity index (χ1n) is 6.81. The predicted octanol–water partition coefficient (Wildman–Crippen LogP) is 3.62. The fourth-order valence-corrected chi connectivity index (χ4v) is 3.15. The largest absolute Gasteiger partial charge is 0.549 e. The third kappa shape index (κ3) is 5.57. The minimum absolute atomic E-state index is 0.123. The van der Waals surface area contributed by atoms with E-state index in [0.717, 1.165) is 17.3 Å². The van der Waals surface area contributed by atoms with E-state index in [9.17, 15) is 14.7 Å². The molecule has 120 valence electrons. The number of halogens is 2. The number of aliphatic carboxylic acids is 1. The molecule has 1 atom stereocenters. The smallest absolute Gasteiger partial charge is 0.164 e. The molecular formula is C17H13Cl2O3S-. The number of thioether (sulfide) groups is 1. The number of carboxylic acids is 1. The molecule has 0 aliphatic rings. The van der Waals surface area contributed by atoms with Crippen LogP contribution < -0.4 is 5.11 Å². The number of carboxylic acid groups (broad SMARTS) is 1. The quantitative estimate of drug-likeness (QED) is 0.701. The summed E-state index contributed by atoms with van der Waals surface area (Å²) < 4.78 is 0. The van der Waals surface area contributed by atoms with Crippen LogP contribution in [0, 0.1) is 0 Å². The van der Waals surface area contributed by atoms with Crippen LogP contribution in [0.2, 0.25) is 10.0 Å². The Balaban J connectivity index is 1.98. The van der Waals surface area contributed by atoms with Crippen molar-refractivity contribution in [2.24, 2.45) is 0 Å². The number of benzene rings is 2. The minimum atomic E-state index is -1.24. The van der Waals surface area contributed by atoms with Crippen LogP contribution in [-0.2, 0) is 10.5 Å². The number of ketones is 1. The van der Waals surface area contributed by atoms with E-state index in [1.807, 2.05) is 12.1 Å². The maximum atomic E-state index is 12.2. The highest BCUT2D eigenvalue weighted by atomic mass is 35.5. The molecule has 0 aliphatic carbocycles. The molecular weight excluding hydrogens is 355 g/mol. The van der Waals surface area contributed by atoms with Crippen molar-refractivity contribution in [3.05, 3.63) is 69.7 Å². The molecule has 0 radical (unpaired) electrons. The zero-order chi connectivity index (χ0) is 16.8. The Bertz CT molecular complexity index is 684. The van der Waals surface area contributed by atoms with Gasteiger partial charge in [0.2, 0.25) is 0 Å². The van der Waals surface area contributed by atoms with Gasteiger partial charge in [-0.2, -0.15) is 0 Å². The lowest BCUT2D eigenvalue weighted by atomic mass is 10.1. The second kappa shape index (κ2) is 8.39. The van der Waals surface area contributed by atoms with Crippen LogP contribution in [0.4, 0.5) is 0 Å². The Morgan fingerprint density at radius 1 is 0.957 bits per heavy atom. The number of Topliss-reactive ketones (excluding diaryl/α,β-unsaturated/α-hetero) is 1. The average molecular weight is 368 g/mol. The van der Waals surface area contributed by atoms with Crippen LogP contribution in [0.5, 0.6) is 0 Å². The lowest BCUT2D eigenvalue weighted by molar-refractivity contribution is -0.304. The van der Waals surface area contributed by atoms with E-state index in [-0.39, 0.29) is 12.2 Å². The Morgan fingerprint density at radius 2 is 1.48 bits per heavy atom. The Kier molecular flexibility index (Phi) is 6.51. The number of hydrogen-bond acceptors (Lipinski definition) is 4. The van der Waals surface area contributed by atoms with Gasteiger partial charge >= 0.3 is 0 Å². The maximum absolute atomic E-state index is 12.2. The number of carbonyl (C=O) groups excluding carboxylic acids is 2. The number of carbonyl (C=O) groups is 2. The first-order valence-corrected chi connectivity index (χ1v) is 8.62. The summed E-state index contributed by atoms with van der Waals surface area (Å²) in [5.41, 5.74) is 1.37. The van der Waals surface area contributed by atoms with Crippen LogP contribution in [0.15, 0.2) is 48.5 Å². The van der Waals surface area contributed by atoms with Gasteiger partial charge in [-0.05, 0) is 42.0 Å². The Labute approximate surface area is 148 Å². The first kappa shape index (κ1) is 17.9. The zero-order valence-electron chi connectivity index (χ0n) is 12.0. The summed E-state index contributed by atoms with van der Waals surface area (Å²) in [7, 11) is 0. The van der Waals surface area contributed by atoms with E-state index < -0.39 is 11.2 Å². The molecule has 6 heteroatoms. The molecule has 2 aromatic carbocycles. The molecule has 0 saturated carbocycles. The fourth-order valence-electron chi connectivity index (χ4n) is 1.91. The maximum Gasteiger partial charge on any atom is 0.164 e. The SMILES string of the molecule is O=C(C[C@H](SCc1ccc(Cl)cc1)C(=O)[O-])c1ccc(Cl)cc1. The molecule has 2 aromatic rings. The number of hydrogen-bond donors (Lipinski definition) is 0. The molecule has 0 aromatic heterocycles. The van der Waals surface area contributed by atoms with Gasteiger partial charge in [0, 0.05) is 27.8 Å². The van der Waals surface area contributed by atoms with Gasteiger partial charge in [-0.15, -0.1) is 11.8 Å². The summed E-state index contributed by atoms with van der Waals surface area (Å²) in [5.74, 6) is -1.03. The van der Waals surface area contributed by atoms with Gasteiger partial charge in [-0.1, -0.05) is 35.3 Å². The van der Waals surface area contributed by atoms with Crippen molar-refractivity contribution in [2.45, 2.75) is 17.4 Å². The first-order chi connectivity index (χ1) is 11.0. The van der Waals surface area contributed by atoms with Gasteiger partial charge in [0.1, 0.15) is 0 Å². The monoisotopic (exact) mass is 367 g/mol. The molecule has 23 heavy (non-hydrogen) atoms. The highest BCUT2D eigenvalue weighted by molar-refractivity contribution is 7.99. The van der Waals surface area contributed by atoms with Gasteiger partial charge in [-0.3, -0.25) is 4.79 Å². The Hall–Kier alpha value is -1.49. The highest BCUT2D eigenvalue weighted by Gasteiger charge is 2.17. The van der Waals surface area contributed by atoms with Crippen molar-refractivity contribution >= 4 is 46.7 Å². The fraction of sp³-hybridized carbons (Fsp3) is 0.176. The van der Waals surface area contributed by atoms with Gasteiger partial charge in [-0.25, -0.2) is 0 Å². The molecule has 0 N–H and O–H groups in total. The normalized spacial score (nSPS) is 11.9. The third-order valence-electron chi connectivity index (χ3n) is 3.16. The lowest BCUT2D eigenvalue weighted by Gasteiger charge is -2.17. The van der Waals surface area contributed by atoms with Crippen LogP contribution in [0.3, 0.4) is 0 Å². The van der Waals surface area contributed by atoms with Crippen molar-refractivity contribution in [1.29, 1.82) is 0 Å². The molecule has 0 bridgehead atoms. The van der Waals surface area contributed by atoms with E-state index >= 15 is 0 Å². The molecule has 0 aliphatic heterocycles. The summed E-state index contributed by atoms with van der Waals surface area (Å²) in [4.78, 5) is 23.4. The van der Waals surface area contributed by atoms with E-state index in [1.54, 1.807) is 36.4 Å².